The van der Waals surface area contributed by atoms with Crippen molar-refractivity contribution < 1.29 is 19.8 Å². The maximum Gasteiger partial charge on any atom is 0.172 e. The number of nitrogens with zero attached hydrogens (tertiary/aromatic N) is 1. The van der Waals surface area contributed by atoms with Gasteiger partial charge in [-0.25, -0.2) is 0 Å². The summed E-state index contributed by atoms with van der Waals surface area (Å²) < 4.78 is 12.4. The molecule has 5 nitrogen and oxygen atoms in total. The average Bonchev–Trinajstić information content (AvgIpc) is 2.52. The molecule has 0 aromatic rings. The molecule has 0 aromatic carbocycles. The van der Waals surface area contributed by atoms with Gasteiger partial charge in [0, 0.05) is 23.8 Å². The topological polar surface area (TPSA) is 61.8 Å². The Morgan fingerprint density at radius 2 is 1.55 bits per heavy atom. The van der Waals surface area contributed by atoms with Gasteiger partial charge in [0.05, 0.1) is 25.4 Å². The van der Waals surface area contributed by atoms with Crippen LogP contribution in [0.25, 0.3) is 0 Å². The highest BCUT2D eigenvalue weighted by molar-refractivity contribution is 5.05. The summed E-state index contributed by atoms with van der Waals surface area (Å²) in [6.45, 7) is 11.2. The number of hydrogen-bond acceptors (Lipinski definition) is 4. The van der Waals surface area contributed by atoms with Gasteiger partial charge < -0.3 is 14.6 Å². The highest BCUT2D eigenvalue weighted by atomic mass is 16.7. The first kappa shape index (κ1) is 18.1. The molecule has 0 aromatic heterocycles. The predicted octanol–water partition coefficient (Wildman–Crippen LogP) is 2.90. The maximum absolute atomic E-state index is 12.9. The van der Waals surface area contributed by atoms with Crippen molar-refractivity contribution in [3.63, 3.8) is 0 Å². The lowest BCUT2D eigenvalue weighted by Crippen LogP contribution is -2.68. The zero-order valence-corrected chi connectivity index (χ0v) is 14.8. The average molecular weight is 314 g/mol. The summed E-state index contributed by atoms with van der Waals surface area (Å²) in [5, 5.41) is 23.8. The number of rotatable bonds is 4. The minimum atomic E-state index is -0.690. The molecule has 0 bridgehead atoms. The highest BCUT2D eigenvalue weighted by Crippen LogP contribution is 2.50. The molecule has 1 spiro atoms. The normalized spacial score (nSPS) is 38.3. The highest BCUT2D eigenvalue weighted by Gasteiger charge is 2.59. The van der Waals surface area contributed by atoms with Crippen molar-refractivity contribution in [2.24, 2.45) is 5.41 Å². The van der Waals surface area contributed by atoms with Crippen LogP contribution in [0.3, 0.4) is 0 Å². The van der Waals surface area contributed by atoms with Gasteiger partial charge >= 0.3 is 0 Å². The monoisotopic (exact) mass is 314 g/mol. The summed E-state index contributed by atoms with van der Waals surface area (Å²) in [4.78, 5) is 0. The van der Waals surface area contributed by atoms with E-state index in [4.69, 9.17) is 9.47 Å². The molecule has 0 amide bonds. The first-order valence-electron chi connectivity index (χ1n) is 8.59. The lowest BCUT2D eigenvalue weighted by Gasteiger charge is -2.59. The fourth-order valence-electron chi connectivity index (χ4n) is 4.06. The summed E-state index contributed by atoms with van der Waals surface area (Å²) in [7, 11) is 0. The zero-order valence-electron chi connectivity index (χ0n) is 14.8. The van der Waals surface area contributed by atoms with Crippen LogP contribution in [-0.2, 0) is 14.7 Å². The predicted molar refractivity (Wildman–Crippen MR) is 83.6 cm³/mol. The summed E-state index contributed by atoms with van der Waals surface area (Å²) >= 11 is 0. The van der Waals surface area contributed by atoms with Crippen molar-refractivity contribution >= 4 is 0 Å². The number of aliphatic hydroxyl groups excluding tert-OH is 1. The Labute approximate surface area is 134 Å². The molecule has 2 aliphatic rings. The van der Waals surface area contributed by atoms with E-state index in [2.05, 4.69) is 13.8 Å². The van der Waals surface area contributed by atoms with Crippen molar-refractivity contribution in [1.82, 2.24) is 5.06 Å². The summed E-state index contributed by atoms with van der Waals surface area (Å²) in [5.41, 5.74) is -1.26. The Balaban J connectivity index is 2.26. The van der Waals surface area contributed by atoms with Crippen LogP contribution in [0.4, 0.5) is 0 Å². The standard InChI is InChI=1S/C17H32NO4/c1-6-15(11-19)12-21-17(22-13-15)9-14(4,5)18(20)16(7-2,8-3)10-17/h19H,6-13H2,1-5H3. The van der Waals surface area contributed by atoms with Crippen LogP contribution in [0.1, 0.15) is 66.7 Å². The quantitative estimate of drug-likeness (QED) is 0.866. The zero-order chi connectivity index (χ0) is 16.6. The van der Waals surface area contributed by atoms with Gasteiger partial charge in [-0.05, 0) is 33.1 Å². The smallest absolute Gasteiger partial charge is 0.172 e. The molecule has 1 N–H and O–H groups in total. The van der Waals surface area contributed by atoms with Crippen molar-refractivity contribution in [2.45, 2.75) is 83.6 Å². The molecule has 22 heavy (non-hydrogen) atoms. The van der Waals surface area contributed by atoms with E-state index in [-0.39, 0.29) is 12.0 Å². The Hall–Kier alpha value is -0.200. The Kier molecular flexibility index (Phi) is 4.97. The second kappa shape index (κ2) is 6.02. The van der Waals surface area contributed by atoms with Crippen molar-refractivity contribution in [3.8, 4) is 0 Å². The third-order valence-corrected chi connectivity index (χ3v) is 5.97. The molecule has 2 heterocycles. The van der Waals surface area contributed by atoms with Crippen LogP contribution in [0.2, 0.25) is 0 Å². The molecule has 0 atom stereocenters. The molecule has 1 radical (unpaired) electrons. The number of ether oxygens (including phenoxy) is 2. The van der Waals surface area contributed by atoms with Gasteiger partial charge in [0.15, 0.2) is 5.79 Å². The van der Waals surface area contributed by atoms with Gasteiger partial charge in [-0.3, -0.25) is 0 Å². The van der Waals surface area contributed by atoms with E-state index in [1.165, 1.54) is 5.06 Å². The minimum absolute atomic E-state index is 0.0728. The van der Waals surface area contributed by atoms with Gasteiger partial charge in [0.25, 0.3) is 0 Å². The van der Waals surface area contributed by atoms with E-state index < -0.39 is 16.9 Å². The lowest BCUT2D eigenvalue weighted by atomic mass is 9.72. The van der Waals surface area contributed by atoms with Crippen LogP contribution >= 0.6 is 0 Å². The largest absolute Gasteiger partial charge is 0.396 e. The van der Waals surface area contributed by atoms with Crippen molar-refractivity contribution in [3.05, 3.63) is 0 Å². The number of piperidine rings is 1. The van der Waals surface area contributed by atoms with E-state index in [9.17, 15) is 10.3 Å². The molecule has 129 valence electrons. The maximum atomic E-state index is 12.9. The summed E-state index contributed by atoms with van der Waals surface area (Å²) in [5.74, 6) is -0.690. The first-order chi connectivity index (χ1) is 10.2. The Bertz CT molecular complexity index is 378. The molecule has 0 unspecified atom stereocenters. The van der Waals surface area contributed by atoms with Gasteiger partial charge in [0.1, 0.15) is 0 Å². The molecule has 0 saturated carbocycles. The number of hydroxylamine groups is 2. The first-order valence-corrected chi connectivity index (χ1v) is 8.59. The van der Waals surface area contributed by atoms with Crippen LogP contribution < -0.4 is 0 Å². The summed E-state index contributed by atoms with van der Waals surface area (Å²) in [6.07, 6.45) is 3.55. The third kappa shape index (κ3) is 2.82. The van der Waals surface area contributed by atoms with E-state index in [0.29, 0.717) is 26.1 Å². The van der Waals surface area contributed by atoms with Gasteiger partial charge in [-0.15, -0.1) is 10.3 Å². The van der Waals surface area contributed by atoms with Crippen LogP contribution in [-0.4, -0.2) is 46.9 Å². The van der Waals surface area contributed by atoms with E-state index in [1.807, 2.05) is 20.8 Å². The molecule has 5 heteroatoms. The van der Waals surface area contributed by atoms with Gasteiger partial charge in [-0.2, -0.15) is 0 Å². The fraction of sp³-hybridized carbons (Fsp3) is 1.00. The minimum Gasteiger partial charge on any atom is -0.396 e. The lowest BCUT2D eigenvalue weighted by molar-refractivity contribution is -0.393. The SMILES string of the molecule is CCC1(CO)COC2(CC(C)(C)N([O])C(CC)(CC)C2)OC1. The van der Waals surface area contributed by atoms with Gasteiger partial charge in [-0.1, -0.05) is 20.8 Å². The third-order valence-electron chi connectivity index (χ3n) is 5.97. The molecule has 2 fully saturated rings. The second-order valence-corrected chi connectivity index (χ2v) is 7.89. The van der Waals surface area contributed by atoms with E-state index in [1.54, 1.807) is 0 Å². The molecule has 2 saturated heterocycles. The van der Waals surface area contributed by atoms with Crippen molar-refractivity contribution in [2.75, 3.05) is 19.8 Å². The molecular formula is C17H32NO4. The fourth-order valence-corrected chi connectivity index (χ4v) is 4.06. The van der Waals surface area contributed by atoms with Crippen LogP contribution in [0.15, 0.2) is 0 Å². The van der Waals surface area contributed by atoms with E-state index >= 15 is 0 Å². The molecule has 2 aliphatic heterocycles. The van der Waals surface area contributed by atoms with Crippen LogP contribution in [0, 0.1) is 5.41 Å². The van der Waals surface area contributed by atoms with Gasteiger partial charge in [0.2, 0.25) is 0 Å². The van der Waals surface area contributed by atoms with E-state index in [0.717, 1.165) is 19.3 Å². The Morgan fingerprint density at radius 1 is 1.00 bits per heavy atom. The summed E-state index contributed by atoms with van der Waals surface area (Å²) in [6, 6.07) is 0. The Morgan fingerprint density at radius 3 is 1.95 bits per heavy atom. The molecule has 2 rings (SSSR count). The van der Waals surface area contributed by atoms with Crippen LogP contribution in [0.5, 0.6) is 0 Å². The van der Waals surface area contributed by atoms with Crippen molar-refractivity contribution in [1.29, 1.82) is 0 Å². The second-order valence-electron chi connectivity index (χ2n) is 7.89. The molecular weight excluding hydrogens is 282 g/mol. The number of hydrogen-bond donors (Lipinski definition) is 1. The number of aliphatic hydroxyl groups is 1. The molecule has 0 aliphatic carbocycles.